The molecule has 30 heavy (non-hydrogen) atoms. The van der Waals surface area contributed by atoms with E-state index >= 15 is 0 Å². The lowest BCUT2D eigenvalue weighted by molar-refractivity contribution is 0.0694. The molecule has 1 fully saturated rings. The van der Waals surface area contributed by atoms with Gasteiger partial charge >= 0.3 is 0 Å². The molecule has 9 heteroatoms. The van der Waals surface area contributed by atoms with Gasteiger partial charge in [-0.25, -0.2) is 0 Å². The van der Waals surface area contributed by atoms with Crippen LogP contribution in [0.4, 0.5) is 0 Å². The van der Waals surface area contributed by atoms with Crippen LogP contribution in [0.3, 0.4) is 0 Å². The van der Waals surface area contributed by atoms with E-state index in [1.165, 1.54) is 14.2 Å². The summed E-state index contributed by atoms with van der Waals surface area (Å²) in [6.07, 6.45) is 1.74. The normalized spacial score (nSPS) is 16.4. The van der Waals surface area contributed by atoms with Crippen LogP contribution in [0.25, 0.3) is 11.5 Å². The van der Waals surface area contributed by atoms with E-state index in [1.807, 2.05) is 16.8 Å². The minimum atomic E-state index is -0.130. The monoisotopic (exact) mass is 429 g/mol. The Morgan fingerprint density at radius 2 is 1.97 bits per heavy atom. The van der Waals surface area contributed by atoms with Gasteiger partial charge in [-0.15, -0.1) is 10.2 Å². The molecule has 1 atom stereocenters. The topological polar surface area (TPSA) is 86.9 Å². The van der Waals surface area contributed by atoms with Gasteiger partial charge in [-0.3, -0.25) is 4.79 Å². The van der Waals surface area contributed by atoms with Gasteiger partial charge in [-0.1, -0.05) is 0 Å². The molecule has 0 aliphatic carbocycles. The Morgan fingerprint density at radius 3 is 2.67 bits per heavy atom. The van der Waals surface area contributed by atoms with E-state index in [0.29, 0.717) is 47.7 Å². The van der Waals surface area contributed by atoms with E-state index in [4.69, 9.17) is 18.6 Å². The van der Waals surface area contributed by atoms with E-state index in [-0.39, 0.29) is 11.8 Å². The molecular formula is C21H23N3O5S. The van der Waals surface area contributed by atoms with Crippen molar-refractivity contribution in [1.29, 1.82) is 0 Å². The van der Waals surface area contributed by atoms with Gasteiger partial charge in [0.15, 0.2) is 11.5 Å². The van der Waals surface area contributed by atoms with Crippen molar-refractivity contribution in [2.75, 3.05) is 34.4 Å². The molecule has 1 aliphatic rings. The van der Waals surface area contributed by atoms with Crippen LogP contribution >= 0.6 is 11.3 Å². The third-order valence-electron chi connectivity index (χ3n) is 5.20. The Bertz CT molecular complexity index is 1020. The van der Waals surface area contributed by atoms with Crippen LogP contribution in [0.15, 0.2) is 33.4 Å². The Labute approximate surface area is 178 Å². The summed E-state index contributed by atoms with van der Waals surface area (Å²) in [6, 6.07) is 5.36. The average Bonchev–Trinajstić information content (AvgIpc) is 3.49. The van der Waals surface area contributed by atoms with Crippen LogP contribution in [0.5, 0.6) is 17.2 Å². The Hall–Kier alpha value is -3.07. The Morgan fingerprint density at radius 1 is 1.13 bits per heavy atom. The SMILES string of the molecule is COc1ccc(C(=O)N2CCCC(c3nnc(-c4ccsc4)o3)C2)c(OC)c1OC. The molecule has 3 aromatic rings. The van der Waals surface area contributed by atoms with Crippen molar-refractivity contribution in [3.63, 3.8) is 0 Å². The molecule has 1 saturated heterocycles. The first-order valence-electron chi connectivity index (χ1n) is 9.60. The molecule has 0 saturated carbocycles. The number of rotatable bonds is 6. The molecular weight excluding hydrogens is 406 g/mol. The fraction of sp³-hybridized carbons (Fsp3) is 0.381. The maximum atomic E-state index is 13.3. The summed E-state index contributed by atoms with van der Waals surface area (Å²) in [5.41, 5.74) is 1.35. The number of carbonyl (C=O) groups excluding carboxylic acids is 1. The highest BCUT2D eigenvalue weighted by Gasteiger charge is 2.31. The molecule has 1 aliphatic heterocycles. The van der Waals surface area contributed by atoms with Gasteiger partial charge in [0.1, 0.15) is 0 Å². The highest BCUT2D eigenvalue weighted by Crippen LogP contribution is 2.40. The minimum Gasteiger partial charge on any atom is -0.493 e. The number of ether oxygens (including phenoxy) is 3. The summed E-state index contributed by atoms with van der Waals surface area (Å²) in [5.74, 6) is 2.21. The van der Waals surface area contributed by atoms with Crippen molar-refractivity contribution in [2.45, 2.75) is 18.8 Å². The van der Waals surface area contributed by atoms with Crippen molar-refractivity contribution in [3.05, 3.63) is 40.4 Å². The molecule has 158 valence electrons. The summed E-state index contributed by atoms with van der Waals surface area (Å²) in [6.45, 7) is 1.15. The van der Waals surface area contributed by atoms with Gasteiger partial charge in [0, 0.05) is 24.0 Å². The average molecular weight is 429 g/mol. The fourth-order valence-electron chi connectivity index (χ4n) is 3.71. The maximum absolute atomic E-state index is 13.3. The molecule has 8 nitrogen and oxygen atoms in total. The lowest BCUT2D eigenvalue weighted by Crippen LogP contribution is -2.39. The highest BCUT2D eigenvalue weighted by molar-refractivity contribution is 7.08. The number of amides is 1. The predicted molar refractivity (Wildman–Crippen MR) is 112 cm³/mol. The van der Waals surface area contributed by atoms with Crippen LogP contribution in [-0.4, -0.2) is 55.4 Å². The summed E-state index contributed by atoms with van der Waals surface area (Å²) >= 11 is 1.58. The highest BCUT2D eigenvalue weighted by atomic mass is 32.1. The van der Waals surface area contributed by atoms with Gasteiger partial charge in [0.25, 0.3) is 5.91 Å². The fourth-order valence-corrected chi connectivity index (χ4v) is 4.34. The molecule has 0 bridgehead atoms. The first-order valence-corrected chi connectivity index (χ1v) is 10.5. The standard InChI is InChI=1S/C21H23N3O5S/c1-26-16-7-6-15(17(27-2)18(16)28-3)21(25)24-9-4-5-13(11-24)19-22-23-20(29-19)14-8-10-30-12-14/h6-8,10,12-13H,4-5,9,11H2,1-3H3. The molecule has 1 aromatic carbocycles. The first kappa shape index (κ1) is 20.2. The van der Waals surface area contributed by atoms with Crippen LogP contribution < -0.4 is 14.2 Å². The first-order chi connectivity index (χ1) is 14.7. The van der Waals surface area contributed by atoms with Gasteiger partial charge < -0.3 is 23.5 Å². The molecule has 0 spiro atoms. The molecule has 4 rings (SSSR count). The number of thiophene rings is 1. The third kappa shape index (κ3) is 3.72. The van der Waals surface area contributed by atoms with E-state index < -0.39 is 0 Å². The maximum Gasteiger partial charge on any atom is 0.257 e. The smallest absolute Gasteiger partial charge is 0.257 e. The third-order valence-corrected chi connectivity index (χ3v) is 5.88. The van der Waals surface area contributed by atoms with Crippen molar-refractivity contribution < 1.29 is 23.4 Å². The number of carbonyl (C=O) groups is 1. The van der Waals surface area contributed by atoms with Crippen molar-refractivity contribution >= 4 is 17.2 Å². The van der Waals surface area contributed by atoms with Gasteiger partial charge in [0.05, 0.1) is 32.8 Å². The number of nitrogens with zero attached hydrogens (tertiary/aromatic N) is 3. The molecule has 0 N–H and O–H groups in total. The quantitative estimate of drug-likeness (QED) is 0.588. The lowest BCUT2D eigenvalue weighted by atomic mass is 9.97. The van der Waals surface area contributed by atoms with E-state index in [9.17, 15) is 4.79 Å². The van der Waals surface area contributed by atoms with E-state index in [1.54, 1.807) is 35.5 Å². The lowest BCUT2D eigenvalue weighted by Gasteiger charge is -2.31. The number of piperidine rings is 1. The van der Waals surface area contributed by atoms with Gasteiger partial charge in [0.2, 0.25) is 17.5 Å². The zero-order chi connectivity index (χ0) is 21.1. The Kier molecular flexibility index (Phi) is 5.89. The second-order valence-corrected chi connectivity index (χ2v) is 7.71. The van der Waals surface area contributed by atoms with Crippen molar-refractivity contribution in [3.8, 4) is 28.7 Å². The number of likely N-dealkylation sites (tertiary alicyclic amines) is 1. The molecule has 3 heterocycles. The van der Waals surface area contributed by atoms with Crippen LogP contribution in [0.2, 0.25) is 0 Å². The van der Waals surface area contributed by atoms with Crippen molar-refractivity contribution in [2.24, 2.45) is 0 Å². The van der Waals surface area contributed by atoms with E-state index in [2.05, 4.69) is 10.2 Å². The summed E-state index contributed by atoms with van der Waals surface area (Å²) in [7, 11) is 4.58. The summed E-state index contributed by atoms with van der Waals surface area (Å²) < 4.78 is 22.1. The number of hydrogen-bond acceptors (Lipinski definition) is 8. The van der Waals surface area contributed by atoms with Crippen LogP contribution in [-0.2, 0) is 0 Å². The molecule has 1 unspecified atom stereocenters. The van der Waals surface area contributed by atoms with Crippen LogP contribution in [0.1, 0.15) is 35.0 Å². The zero-order valence-electron chi connectivity index (χ0n) is 17.1. The largest absolute Gasteiger partial charge is 0.493 e. The predicted octanol–water partition coefficient (Wildman–Crippen LogP) is 3.84. The van der Waals surface area contributed by atoms with Gasteiger partial charge in [-0.2, -0.15) is 11.3 Å². The summed E-state index contributed by atoms with van der Waals surface area (Å²) in [4.78, 5) is 15.1. The summed E-state index contributed by atoms with van der Waals surface area (Å²) in [5, 5.41) is 12.3. The molecule has 0 radical (unpaired) electrons. The minimum absolute atomic E-state index is 0.00581. The number of benzene rings is 1. The van der Waals surface area contributed by atoms with E-state index in [0.717, 1.165) is 18.4 Å². The number of methoxy groups -OCH3 is 3. The zero-order valence-corrected chi connectivity index (χ0v) is 17.9. The second-order valence-electron chi connectivity index (χ2n) is 6.93. The number of hydrogen-bond donors (Lipinski definition) is 0. The molecule has 1 amide bonds. The van der Waals surface area contributed by atoms with Crippen LogP contribution in [0, 0.1) is 0 Å². The molecule has 2 aromatic heterocycles. The number of aromatic nitrogens is 2. The van der Waals surface area contributed by atoms with Gasteiger partial charge in [-0.05, 0) is 36.4 Å². The van der Waals surface area contributed by atoms with Crippen molar-refractivity contribution in [1.82, 2.24) is 15.1 Å². The second kappa shape index (κ2) is 8.74. The Balaban J connectivity index is 1.56.